The van der Waals surface area contributed by atoms with Crippen molar-refractivity contribution in [3.63, 3.8) is 0 Å². The SMILES string of the molecule is Oc1ccccc1NCl. The van der Waals surface area contributed by atoms with E-state index in [2.05, 4.69) is 4.84 Å². The van der Waals surface area contributed by atoms with Crippen LogP contribution in [0.1, 0.15) is 0 Å². The van der Waals surface area contributed by atoms with E-state index in [4.69, 9.17) is 16.9 Å². The number of benzene rings is 1. The molecular formula is C6H6ClNO. The summed E-state index contributed by atoms with van der Waals surface area (Å²) in [5.41, 5.74) is 0.527. The molecule has 1 rings (SSSR count). The normalized spacial score (nSPS) is 9.00. The number of halogens is 1. The van der Waals surface area contributed by atoms with Gasteiger partial charge in [-0.15, -0.1) is 0 Å². The van der Waals surface area contributed by atoms with Gasteiger partial charge in [-0.25, -0.2) is 0 Å². The standard InChI is InChI=1S/C6H6ClNO/c7-8-5-3-1-2-4-6(5)9/h1-4,8-9H. The van der Waals surface area contributed by atoms with E-state index in [1.807, 2.05) is 0 Å². The van der Waals surface area contributed by atoms with Gasteiger partial charge in [-0.1, -0.05) is 12.1 Å². The Kier molecular flexibility index (Phi) is 1.80. The minimum atomic E-state index is 0.160. The molecule has 0 aliphatic rings. The molecule has 0 radical (unpaired) electrons. The predicted octanol–water partition coefficient (Wildman–Crippen LogP) is 1.96. The van der Waals surface area contributed by atoms with Crippen LogP contribution in [-0.2, 0) is 0 Å². The molecule has 0 aromatic heterocycles. The van der Waals surface area contributed by atoms with Gasteiger partial charge in [0.15, 0.2) is 0 Å². The molecule has 1 aromatic carbocycles. The monoisotopic (exact) mass is 143 g/mol. The Hall–Kier alpha value is -0.890. The fourth-order valence-corrected chi connectivity index (χ4v) is 0.713. The van der Waals surface area contributed by atoms with Crippen LogP contribution in [0.2, 0.25) is 0 Å². The lowest BCUT2D eigenvalue weighted by atomic mass is 10.3. The number of phenolic OH excluding ortho intramolecular Hbond substituents is 1. The predicted molar refractivity (Wildman–Crippen MR) is 37.6 cm³/mol. The van der Waals surface area contributed by atoms with Crippen molar-refractivity contribution in [1.29, 1.82) is 0 Å². The van der Waals surface area contributed by atoms with Crippen molar-refractivity contribution in [3.8, 4) is 5.75 Å². The maximum Gasteiger partial charge on any atom is 0.139 e. The van der Waals surface area contributed by atoms with Gasteiger partial charge in [-0.3, -0.25) is 4.84 Å². The maximum absolute atomic E-state index is 8.96. The molecule has 0 aliphatic heterocycles. The number of rotatable bonds is 1. The highest BCUT2D eigenvalue weighted by atomic mass is 35.5. The molecule has 0 atom stereocenters. The number of hydrogen-bond acceptors (Lipinski definition) is 2. The molecule has 0 amide bonds. The summed E-state index contributed by atoms with van der Waals surface area (Å²) in [6, 6.07) is 6.75. The molecule has 9 heavy (non-hydrogen) atoms. The summed E-state index contributed by atoms with van der Waals surface area (Å²) in [6.45, 7) is 0. The molecule has 2 N–H and O–H groups in total. The Morgan fingerprint density at radius 2 is 2.00 bits per heavy atom. The zero-order valence-corrected chi connectivity index (χ0v) is 5.39. The van der Waals surface area contributed by atoms with E-state index in [1.165, 1.54) is 0 Å². The topological polar surface area (TPSA) is 32.3 Å². The van der Waals surface area contributed by atoms with E-state index in [1.54, 1.807) is 24.3 Å². The van der Waals surface area contributed by atoms with Crippen LogP contribution in [0.15, 0.2) is 24.3 Å². The van der Waals surface area contributed by atoms with Crippen molar-refractivity contribution in [2.24, 2.45) is 0 Å². The Morgan fingerprint density at radius 1 is 1.33 bits per heavy atom. The summed E-state index contributed by atoms with van der Waals surface area (Å²) in [6.07, 6.45) is 0. The van der Waals surface area contributed by atoms with Gasteiger partial charge in [0.1, 0.15) is 5.75 Å². The molecule has 0 spiro atoms. The highest BCUT2D eigenvalue weighted by molar-refractivity contribution is 6.24. The number of phenols is 1. The van der Waals surface area contributed by atoms with Gasteiger partial charge in [0.25, 0.3) is 0 Å². The molecule has 0 saturated carbocycles. The van der Waals surface area contributed by atoms with Crippen LogP contribution in [-0.4, -0.2) is 5.11 Å². The summed E-state index contributed by atoms with van der Waals surface area (Å²) < 4.78 is 0. The number of anilines is 1. The summed E-state index contributed by atoms with van der Waals surface area (Å²) in [7, 11) is 0. The van der Waals surface area contributed by atoms with E-state index < -0.39 is 0 Å². The van der Waals surface area contributed by atoms with Crippen molar-refractivity contribution >= 4 is 17.5 Å². The molecule has 0 unspecified atom stereocenters. The first kappa shape index (κ1) is 6.23. The molecule has 1 aromatic rings. The van der Waals surface area contributed by atoms with E-state index in [0.29, 0.717) is 5.69 Å². The van der Waals surface area contributed by atoms with Gasteiger partial charge in [-0.05, 0) is 12.1 Å². The van der Waals surface area contributed by atoms with Crippen LogP contribution in [0.5, 0.6) is 5.75 Å². The zero-order valence-electron chi connectivity index (χ0n) is 4.63. The van der Waals surface area contributed by atoms with Crippen LogP contribution in [0.3, 0.4) is 0 Å². The van der Waals surface area contributed by atoms with Crippen molar-refractivity contribution < 1.29 is 5.11 Å². The molecule has 3 heteroatoms. The first-order valence-electron chi connectivity index (χ1n) is 2.49. The van der Waals surface area contributed by atoms with Crippen molar-refractivity contribution in [2.45, 2.75) is 0 Å². The van der Waals surface area contributed by atoms with E-state index in [-0.39, 0.29) is 5.75 Å². The Bertz CT molecular complexity index is 202. The molecule has 2 nitrogen and oxygen atoms in total. The van der Waals surface area contributed by atoms with E-state index in [9.17, 15) is 0 Å². The van der Waals surface area contributed by atoms with Gasteiger partial charge < -0.3 is 5.11 Å². The van der Waals surface area contributed by atoms with Gasteiger partial charge in [0.2, 0.25) is 0 Å². The van der Waals surface area contributed by atoms with Gasteiger partial charge in [0.05, 0.1) is 5.69 Å². The molecule has 0 heterocycles. The minimum Gasteiger partial charge on any atom is -0.506 e. The highest BCUT2D eigenvalue weighted by Crippen LogP contribution is 2.21. The van der Waals surface area contributed by atoms with Gasteiger partial charge in [0, 0.05) is 11.8 Å². The second-order valence-electron chi connectivity index (χ2n) is 1.61. The van der Waals surface area contributed by atoms with E-state index in [0.717, 1.165) is 0 Å². The van der Waals surface area contributed by atoms with Crippen LogP contribution in [0, 0.1) is 0 Å². The largest absolute Gasteiger partial charge is 0.506 e. The third kappa shape index (κ3) is 1.27. The average Bonchev–Trinajstić information content (AvgIpc) is 1.89. The first-order chi connectivity index (χ1) is 4.34. The minimum absolute atomic E-state index is 0.160. The third-order valence-corrected chi connectivity index (χ3v) is 1.21. The first-order valence-corrected chi connectivity index (χ1v) is 2.87. The second-order valence-corrected chi connectivity index (χ2v) is 1.80. The summed E-state index contributed by atoms with van der Waals surface area (Å²) in [4.78, 5) is 2.32. The Labute approximate surface area is 58.2 Å². The van der Waals surface area contributed by atoms with Crippen molar-refractivity contribution in [1.82, 2.24) is 0 Å². The summed E-state index contributed by atoms with van der Waals surface area (Å²) in [5.74, 6) is 0.160. The van der Waals surface area contributed by atoms with Crippen LogP contribution >= 0.6 is 11.8 Å². The number of aromatic hydroxyl groups is 1. The quantitative estimate of drug-likeness (QED) is 0.465. The highest BCUT2D eigenvalue weighted by Gasteiger charge is 1.93. The van der Waals surface area contributed by atoms with Crippen molar-refractivity contribution in [3.05, 3.63) is 24.3 Å². The summed E-state index contributed by atoms with van der Waals surface area (Å²) >= 11 is 5.22. The van der Waals surface area contributed by atoms with Gasteiger partial charge in [-0.2, -0.15) is 0 Å². The van der Waals surface area contributed by atoms with Crippen molar-refractivity contribution in [2.75, 3.05) is 4.84 Å². The lowest BCUT2D eigenvalue weighted by Gasteiger charge is -1.97. The van der Waals surface area contributed by atoms with Gasteiger partial charge >= 0.3 is 0 Å². The average molecular weight is 144 g/mol. The fourth-order valence-electron chi connectivity index (χ4n) is 0.554. The molecule has 0 fully saturated rings. The van der Waals surface area contributed by atoms with E-state index >= 15 is 0 Å². The van der Waals surface area contributed by atoms with Crippen LogP contribution < -0.4 is 4.84 Å². The third-order valence-electron chi connectivity index (χ3n) is 1.01. The number of nitrogens with one attached hydrogen (secondary N) is 1. The molecule has 48 valence electrons. The summed E-state index contributed by atoms with van der Waals surface area (Å²) in [5, 5.41) is 8.96. The molecular weight excluding hydrogens is 138 g/mol. The molecule has 0 aliphatic carbocycles. The molecule has 0 saturated heterocycles. The smallest absolute Gasteiger partial charge is 0.139 e. The zero-order chi connectivity index (χ0) is 6.69. The Morgan fingerprint density at radius 3 is 2.44 bits per heavy atom. The number of para-hydroxylation sites is 2. The number of hydrogen-bond donors (Lipinski definition) is 2. The van der Waals surface area contributed by atoms with Crippen LogP contribution in [0.25, 0.3) is 0 Å². The fraction of sp³-hybridized carbons (Fsp3) is 0. The maximum atomic E-state index is 8.96. The second kappa shape index (κ2) is 2.60. The lowest BCUT2D eigenvalue weighted by Crippen LogP contribution is -1.78. The lowest BCUT2D eigenvalue weighted by molar-refractivity contribution is 0.478. The molecule has 0 bridgehead atoms. The van der Waals surface area contributed by atoms with Crippen LogP contribution in [0.4, 0.5) is 5.69 Å². The Balaban J connectivity index is 3.01.